The molecule has 3 heteroatoms. The zero-order valence-corrected chi connectivity index (χ0v) is 10.3. The molecule has 3 unspecified atom stereocenters. The van der Waals surface area contributed by atoms with Crippen LogP contribution in [0.3, 0.4) is 0 Å². The Kier molecular flexibility index (Phi) is 3.18. The van der Waals surface area contributed by atoms with Crippen LogP contribution in [0.4, 0.5) is 0 Å². The summed E-state index contributed by atoms with van der Waals surface area (Å²) in [4.78, 5) is 2.61. The van der Waals surface area contributed by atoms with Gasteiger partial charge in [-0.2, -0.15) is 0 Å². The normalized spacial score (nSPS) is 44.8. The second-order valence-electron chi connectivity index (χ2n) is 5.75. The Bertz CT molecular complexity index is 232. The quantitative estimate of drug-likeness (QED) is 0.780. The smallest absolute Gasteiger partial charge is 0.0726 e. The van der Waals surface area contributed by atoms with Crippen LogP contribution in [-0.2, 0) is 4.74 Å². The van der Waals surface area contributed by atoms with E-state index >= 15 is 0 Å². The van der Waals surface area contributed by atoms with Crippen LogP contribution in [0.1, 0.15) is 32.6 Å². The van der Waals surface area contributed by atoms with Gasteiger partial charge in [0.2, 0.25) is 0 Å². The van der Waals surface area contributed by atoms with Crippen molar-refractivity contribution in [2.75, 3.05) is 26.2 Å². The van der Waals surface area contributed by atoms with E-state index in [0.29, 0.717) is 12.1 Å². The van der Waals surface area contributed by atoms with Crippen molar-refractivity contribution in [3.05, 3.63) is 0 Å². The number of ether oxygens (including phenoxy) is 1. The highest BCUT2D eigenvalue weighted by Crippen LogP contribution is 2.28. The van der Waals surface area contributed by atoms with Crippen molar-refractivity contribution in [2.45, 2.75) is 50.8 Å². The molecular weight excluding hydrogens is 200 g/mol. The summed E-state index contributed by atoms with van der Waals surface area (Å²) in [5.74, 6) is 0.925. The predicted octanol–water partition coefficient (Wildman–Crippen LogP) is 1.24. The lowest BCUT2D eigenvalue weighted by atomic mass is 9.83. The largest absolute Gasteiger partial charge is 0.377 e. The monoisotopic (exact) mass is 224 g/mol. The van der Waals surface area contributed by atoms with Gasteiger partial charge in [0.05, 0.1) is 6.10 Å². The van der Waals surface area contributed by atoms with Gasteiger partial charge in [-0.1, -0.05) is 0 Å². The Morgan fingerprint density at radius 1 is 1.25 bits per heavy atom. The highest BCUT2D eigenvalue weighted by molar-refractivity contribution is 4.93. The van der Waals surface area contributed by atoms with Gasteiger partial charge in [0, 0.05) is 25.2 Å². The molecule has 0 radical (unpaired) electrons. The Balaban J connectivity index is 1.53. The fourth-order valence-electron chi connectivity index (χ4n) is 3.60. The summed E-state index contributed by atoms with van der Waals surface area (Å²) >= 11 is 0. The molecule has 4 aliphatic heterocycles. The van der Waals surface area contributed by atoms with E-state index in [0.717, 1.165) is 18.6 Å². The van der Waals surface area contributed by atoms with Crippen molar-refractivity contribution in [2.24, 2.45) is 5.92 Å². The Hall–Kier alpha value is -0.120. The Morgan fingerprint density at radius 3 is 2.62 bits per heavy atom. The van der Waals surface area contributed by atoms with E-state index in [1.54, 1.807) is 0 Å². The van der Waals surface area contributed by atoms with Crippen molar-refractivity contribution in [1.82, 2.24) is 10.2 Å². The minimum Gasteiger partial charge on any atom is -0.377 e. The van der Waals surface area contributed by atoms with Crippen molar-refractivity contribution in [3.63, 3.8) is 0 Å². The third-order valence-corrected chi connectivity index (χ3v) is 4.66. The van der Waals surface area contributed by atoms with Crippen LogP contribution in [-0.4, -0.2) is 49.3 Å². The van der Waals surface area contributed by atoms with E-state index in [4.69, 9.17) is 4.74 Å². The lowest BCUT2D eigenvalue weighted by Gasteiger charge is -2.46. The minimum atomic E-state index is 0.468. The minimum absolute atomic E-state index is 0.468. The highest BCUT2D eigenvalue weighted by atomic mass is 16.5. The average molecular weight is 224 g/mol. The number of hydrogen-bond acceptors (Lipinski definition) is 3. The lowest BCUT2D eigenvalue weighted by molar-refractivity contribution is 0.0391. The maximum atomic E-state index is 5.76. The van der Waals surface area contributed by atoms with Crippen LogP contribution >= 0.6 is 0 Å². The van der Waals surface area contributed by atoms with Crippen molar-refractivity contribution >= 4 is 0 Å². The fraction of sp³-hybridized carbons (Fsp3) is 1.00. The summed E-state index contributed by atoms with van der Waals surface area (Å²) < 4.78 is 5.76. The molecule has 16 heavy (non-hydrogen) atoms. The number of fused-ring (bicyclic) bond motifs is 3. The van der Waals surface area contributed by atoms with E-state index in [-0.39, 0.29) is 0 Å². The first kappa shape index (κ1) is 11.0. The molecule has 4 rings (SSSR count). The van der Waals surface area contributed by atoms with Crippen LogP contribution in [0.15, 0.2) is 0 Å². The van der Waals surface area contributed by atoms with Crippen LogP contribution in [0.5, 0.6) is 0 Å². The molecule has 4 heterocycles. The molecule has 1 N–H and O–H groups in total. The maximum absolute atomic E-state index is 5.76. The first-order valence-electron chi connectivity index (χ1n) is 6.93. The first-order valence-corrected chi connectivity index (χ1v) is 6.93. The van der Waals surface area contributed by atoms with E-state index in [1.165, 1.54) is 45.3 Å². The van der Waals surface area contributed by atoms with Gasteiger partial charge in [-0.15, -0.1) is 0 Å². The van der Waals surface area contributed by atoms with E-state index in [9.17, 15) is 0 Å². The molecule has 4 saturated heterocycles. The van der Waals surface area contributed by atoms with Gasteiger partial charge < -0.3 is 15.0 Å². The molecule has 0 aromatic heterocycles. The van der Waals surface area contributed by atoms with Gasteiger partial charge in [-0.05, 0) is 51.6 Å². The summed E-state index contributed by atoms with van der Waals surface area (Å²) in [6.45, 7) is 7.19. The second-order valence-corrected chi connectivity index (χ2v) is 5.75. The number of hydrogen-bond donors (Lipinski definition) is 1. The molecule has 0 spiro atoms. The van der Waals surface area contributed by atoms with Gasteiger partial charge in [0.25, 0.3) is 0 Å². The predicted molar refractivity (Wildman–Crippen MR) is 64.5 cm³/mol. The molecule has 4 fully saturated rings. The molecule has 3 nitrogen and oxygen atoms in total. The summed E-state index contributed by atoms with van der Waals surface area (Å²) in [6.07, 6.45) is 5.76. The van der Waals surface area contributed by atoms with E-state index < -0.39 is 0 Å². The maximum Gasteiger partial charge on any atom is 0.0726 e. The topological polar surface area (TPSA) is 24.5 Å². The summed E-state index contributed by atoms with van der Waals surface area (Å²) in [5, 5.41) is 3.83. The lowest BCUT2D eigenvalue weighted by Crippen LogP contribution is -2.59. The Morgan fingerprint density at radius 2 is 2.06 bits per heavy atom. The number of piperidine rings is 3. The van der Waals surface area contributed by atoms with Gasteiger partial charge >= 0.3 is 0 Å². The van der Waals surface area contributed by atoms with Crippen LogP contribution in [0, 0.1) is 5.92 Å². The first-order chi connectivity index (χ1) is 7.83. The Labute approximate surface area is 98.5 Å². The molecule has 2 bridgehead atoms. The third kappa shape index (κ3) is 2.13. The molecule has 0 aromatic carbocycles. The number of nitrogens with zero attached hydrogens (tertiary/aromatic N) is 1. The van der Waals surface area contributed by atoms with E-state index in [1.807, 2.05) is 0 Å². The van der Waals surface area contributed by atoms with Crippen LogP contribution < -0.4 is 5.32 Å². The molecule has 0 aromatic rings. The van der Waals surface area contributed by atoms with Gasteiger partial charge in [0.15, 0.2) is 0 Å². The molecule has 0 amide bonds. The number of nitrogens with one attached hydrogen (secondary N) is 1. The van der Waals surface area contributed by atoms with Crippen LogP contribution in [0.25, 0.3) is 0 Å². The number of rotatable bonds is 3. The second kappa shape index (κ2) is 4.63. The van der Waals surface area contributed by atoms with Crippen molar-refractivity contribution in [1.29, 1.82) is 0 Å². The zero-order valence-electron chi connectivity index (χ0n) is 10.3. The summed E-state index contributed by atoms with van der Waals surface area (Å²) in [5.41, 5.74) is 0. The summed E-state index contributed by atoms with van der Waals surface area (Å²) in [6, 6.07) is 1.26. The standard InChI is InChI=1S/C13H24N2O/c1-10(13-3-2-8-16-13)14-12-9-15-6-4-11(12)5-7-15/h10-14H,2-9H2,1H3. The molecule has 3 atom stereocenters. The third-order valence-electron chi connectivity index (χ3n) is 4.66. The molecule has 0 aliphatic carbocycles. The van der Waals surface area contributed by atoms with Crippen molar-refractivity contribution in [3.8, 4) is 0 Å². The van der Waals surface area contributed by atoms with Gasteiger partial charge in [-0.25, -0.2) is 0 Å². The average Bonchev–Trinajstić information content (AvgIpc) is 2.84. The SMILES string of the molecule is CC(NC1CN2CCC1CC2)C1CCCO1. The van der Waals surface area contributed by atoms with E-state index in [2.05, 4.69) is 17.1 Å². The molecular formula is C13H24N2O. The molecule has 0 saturated carbocycles. The van der Waals surface area contributed by atoms with Crippen LogP contribution in [0.2, 0.25) is 0 Å². The highest BCUT2D eigenvalue weighted by Gasteiger charge is 2.35. The summed E-state index contributed by atoms with van der Waals surface area (Å²) in [7, 11) is 0. The molecule has 4 aliphatic rings. The molecule has 92 valence electrons. The van der Waals surface area contributed by atoms with Crippen molar-refractivity contribution < 1.29 is 4.74 Å². The van der Waals surface area contributed by atoms with Gasteiger partial charge in [0.1, 0.15) is 0 Å². The van der Waals surface area contributed by atoms with Gasteiger partial charge in [-0.3, -0.25) is 0 Å². The zero-order chi connectivity index (χ0) is 11.0. The fourth-order valence-corrected chi connectivity index (χ4v) is 3.60.